The Balaban J connectivity index is 1.55. The zero-order valence-corrected chi connectivity index (χ0v) is 13.4. The van der Waals surface area contributed by atoms with E-state index < -0.39 is 12.7 Å². The molecule has 2 aliphatic rings. The number of halogens is 3. The topological polar surface area (TPSA) is 48.7 Å². The van der Waals surface area contributed by atoms with Crippen LogP contribution in [0.25, 0.3) is 0 Å². The van der Waals surface area contributed by atoms with Crippen molar-refractivity contribution in [3.8, 4) is 0 Å². The van der Waals surface area contributed by atoms with Crippen LogP contribution in [0.3, 0.4) is 0 Å². The molecular weight excluding hydrogens is 323 g/mol. The summed E-state index contributed by atoms with van der Waals surface area (Å²) in [6.45, 7) is 0.481. The molecular formula is C16H22F3N3O2. The van der Waals surface area contributed by atoms with Crippen LogP contribution in [0.1, 0.15) is 36.6 Å². The van der Waals surface area contributed by atoms with Crippen LogP contribution in [0.5, 0.6) is 0 Å². The van der Waals surface area contributed by atoms with Crippen LogP contribution in [-0.2, 0) is 6.42 Å². The minimum absolute atomic E-state index is 0.0745. The van der Waals surface area contributed by atoms with Gasteiger partial charge in [-0.1, -0.05) is 0 Å². The molecule has 2 heterocycles. The maximum absolute atomic E-state index is 12.5. The van der Waals surface area contributed by atoms with E-state index in [1.54, 1.807) is 11.2 Å². The first kappa shape index (κ1) is 17.1. The predicted octanol–water partition coefficient (Wildman–Crippen LogP) is 2.94. The van der Waals surface area contributed by atoms with Crippen molar-refractivity contribution < 1.29 is 22.4 Å². The average Bonchev–Trinajstić information content (AvgIpc) is 2.87. The summed E-state index contributed by atoms with van der Waals surface area (Å²) in [7, 11) is 0. The van der Waals surface area contributed by atoms with Crippen LogP contribution in [-0.4, -0.2) is 54.7 Å². The Morgan fingerprint density at radius 1 is 1.25 bits per heavy atom. The van der Waals surface area contributed by atoms with Gasteiger partial charge in [0.25, 0.3) is 0 Å². The number of furan rings is 1. The number of alkyl halides is 3. The number of aryl methyl sites for hydroxylation is 1. The highest BCUT2D eigenvalue weighted by Gasteiger charge is 2.32. The second-order valence-electron chi connectivity index (χ2n) is 6.43. The Bertz CT molecular complexity index is 573. The molecule has 1 N–H and O–H groups in total. The van der Waals surface area contributed by atoms with Gasteiger partial charge in [0.1, 0.15) is 5.76 Å². The molecule has 5 nitrogen and oxygen atoms in total. The van der Waals surface area contributed by atoms with E-state index in [-0.39, 0.29) is 18.6 Å². The highest BCUT2D eigenvalue weighted by atomic mass is 19.4. The highest BCUT2D eigenvalue weighted by Crippen LogP contribution is 2.30. The van der Waals surface area contributed by atoms with Crippen LogP contribution in [0.2, 0.25) is 0 Å². The second kappa shape index (κ2) is 7.04. The number of amides is 2. The molecule has 1 fully saturated rings. The van der Waals surface area contributed by atoms with Gasteiger partial charge < -0.3 is 14.6 Å². The predicted molar refractivity (Wildman–Crippen MR) is 81.6 cm³/mol. The number of nitrogens with one attached hydrogen (secondary N) is 1. The Morgan fingerprint density at radius 3 is 2.88 bits per heavy atom. The second-order valence-corrected chi connectivity index (χ2v) is 6.43. The van der Waals surface area contributed by atoms with Crippen molar-refractivity contribution in [1.29, 1.82) is 0 Å². The van der Waals surface area contributed by atoms with Gasteiger partial charge in [0.15, 0.2) is 0 Å². The summed E-state index contributed by atoms with van der Waals surface area (Å²) in [6, 6.07) is 1.60. The molecule has 1 atom stereocenters. The lowest BCUT2D eigenvalue weighted by Gasteiger charge is -2.27. The zero-order valence-electron chi connectivity index (χ0n) is 13.4. The van der Waals surface area contributed by atoms with Crippen molar-refractivity contribution in [2.75, 3.05) is 32.7 Å². The molecule has 0 radical (unpaired) electrons. The van der Waals surface area contributed by atoms with Crippen molar-refractivity contribution in [2.45, 2.75) is 37.9 Å². The van der Waals surface area contributed by atoms with E-state index in [4.69, 9.17) is 4.42 Å². The Morgan fingerprint density at radius 2 is 2.08 bits per heavy atom. The molecule has 1 saturated heterocycles. The highest BCUT2D eigenvalue weighted by molar-refractivity contribution is 5.74. The maximum Gasteiger partial charge on any atom is 0.401 e. The Kier molecular flexibility index (Phi) is 5.03. The molecule has 2 amide bonds. The lowest BCUT2D eigenvalue weighted by atomic mass is 9.93. The number of carbonyl (C=O) groups is 1. The van der Waals surface area contributed by atoms with E-state index in [9.17, 15) is 18.0 Å². The molecule has 1 unspecified atom stereocenters. The third-order valence-corrected chi connectivity index (χ3v) is 4.63. The normalized spacial score (nSPS) is 22.8. The Hall–Kier alpha value is -1.70. The minimum atomic E-state index is -4.20. The van der Waals surface area contributed by atoms with Gasteiger partial charge in [0.2, 0.25) is 0 Å². The number of nitrogens with zero attached hydrogens (tertiary/aromatic N) is 2. The summed E-state index contributed by atoms with van der Waals surface area (Å²) in [6.07, 6.45) is 0.667. The average molecular weight is 345 g/mol. The summed E-state index contributed by atoms with van der Waals surface area (Å²) in [5.74, 6) is 0.916. The number of hydrogen-bond donors (Lipinski definition) is 1. The molecule has 1 aliphatic carbocycles. The molecule has 8 heteroatoms. The quantitative estimate of drug-likeness (QED) is 0.897. The molecule has 134 valence electrons. The smallest absolute Gasteiger partial charge is 0.401 e. The third kappa shape index (κ3) is 4.23. The van der Waals surface area contributed by atoms with Gasteiger partial charge in [-0.2, -0.15) is 13.2 Å². The largest absolute Gasteiger partial charge is 0.469 e. The van der Waals surface area contributed by atoms with Crippen LogP contribution >= 0.6 is 0 Å². The van der Waals surface area contributed by atoms with E-state index in [0.29, 0.717) is 26.1 Å². The van der Waals surface area contributed by atoms with E-state index in [2.05, 4.69) is 5.32 Å². The SMILES string of the molecule is O=C(NC1CCCc2occc21)N1CCCN(CC(F)(F)F)CC1. The van der Waals surface area contributed by atoms with Gasteiger partial charge in [0, 0.05) is 38.2 Å². The number of carbonyl (C=O) groups excluding carboxylic acids is 1. The van der Waals surface area contributed by atoms with E-state index >= 15 is 0 Å². The van der Waals surface area contributed by atoms with E-state index in [1.165, 1.54) is 4.90 Å². The molecule has 0 aromatic carbocycles. The van der Waals surface area contributed by atoms with Crippen LogP contribution in [0.15, 0.2) is 16.7 Å². The number of urea groups is 1. The molecule has 0 spiro atoms. The minimum Gasteiger partial charge on any atom is -0.469 e. The third-order valence-electron chi connectivity index (χ3n) is 4.63. The van der Waals surface area contributed by atoms with Crippen LogP contribution < -0.4 is 5.32 Å². The van der Waals surface area contributed by atoms with Crippen molar-refractivity contribution in [2.24, 2.45) is 0 Å². The summed E-state index contributed by atoms with van der Waals surface area (Å²) in [5, 5.41) is 3.01. The van der Waals surface area contributed by atoms with Crippen LogP contribution in [0, 0.1) is 0 Å². The van der Waals surface area contributed by atoms with E-state index in [1.807, 2.05) is 6.07 Å². The van der Waals surface area contributed by atoms with Gasteiger partial charge >= 0.3 is 12.2 Å². The summed E-state index contributed by atoms with van der Waals surface area (Å²) >= 11 is 0. The fourth-order valence-corrected chi connectivity index (χ4v) is 3.46. The van der Waals surface area contributed by atoms with Crippen LogP contribution in [0.4, 0.5) is 18.0 Å². The Labute approximate surface area is 138 Å². The summed E-state index contributed by atoms with van der Waals surface area (Å²) in [5.41, 5.74) is 1.02. The van der Waals surface area contributed by atoms with Crippen molar-refractivity contribution in [3.63, 3.8) is 0 Å². The van der Waals surface area contributed by atoms with Crippen molar-refractivity contribution in [3.05, 3.63) is 23.7 Å². The molecule has 3 rings (SSSR count). The molecule has 1 aliphatic heterocycles. The van der Waals surface area contributed by atoms with Gasteiger partial charge in [-0.25, -0.2) is 4.79 Å². The molecule has 24 heavy (non-hydrogen) atoms. The standard InChI is InChI=1S/C16H22F3N3O2/c17-16(18,19)11-21-6-2-7-22(9-8-21)15(23)20-13-3-1-4-14-12(13)5-10-24-14/h5,10,13H,1-4,6-9,11H2,(H,20,23). The monoisotopic (exact) mass is 345 g/mol. The van der Waals surface area contributed by atoms with Gasteiger partial charge in [-0.15, -0.1) is 0 Å². The van der Waals surface area contributed by atoms with Crippen molar-refractivity contribution >= 4 is 6.03 Å². The first-order chi connectivity index (χ1) is 11.4. The number of rotatable bonds is 2. The fourth-order valence-electron chi connectivity index (χ4n) is 3.46. The molecule has 1 aromatic rings. The van der Waals surface area contributed by atoms with Gasteiger partial charge in [-0.3, -0.25) is 4.90 Å². The molecule has 0 saturated carbocycles. The zero-order chi connectivity index (χ0) is 17.2. The molecule has 1 aromatic heterocycles. The maximum atomic E-state index is 12.5. The number of fused-ring (bicyclic) bond motifs is 1. The first-order valence-electron chi connectivity index (χ1n) is 8.33. The fraction of sp³-hybridized carbons (Fsp3) is 0.688. The lowest BCUT2D eigenvalue weighted by Crippen LogP contribution is -2.44. The van der Waals surface area contributed by atoms with E-state index in [0.717, 1.165) is 30.6 Å². The summed E-state index contributed by atoms with van der Waals surface area (Å²) < 4.78 is 42.9. The van der Waals surface area contributed by atoms with Gasteiger partial charge in [0.05, 0.1) is 18.8 Å². The van der Waals surface area contributed by atoms with Gasteiger partial charge in [-0.05, 0) is 25.3 Å². The number of hydrogen-bond acceptors (Lipinski definition) is 3. The molecule has 0 bridgehead atoms. The lowest BCUT2D eigenvalue weighted by molar-refractivity contribution is -0.145. The summed E-state index contributed by atoms with van der Waals surface area (Å²) in [4.78, 5) is 15.5. The first-order valence-corrected chi connectivity index (χ1v) is 8.33. The van der Waals surface area contributed by atoms with Crippen molar-refractivity contribution in [1.82, 2.24) is 15.1 Å².